The van der Waals surface area contributed by atoms with Gasteiger partial charge in [0.05, 0.1) is 33.1 Å². The van der Waals surface area contributed by atoms with Gasteiger partial charge >= 0.3 is 5.97 Å². The van der Waals surface area contributed by atoms with Crippen LogP contribution in [0.5, 0.6) is 0 Å². The second-order valence-corrected chi connectivity index (χ2v) is 6.73. The Morgan fingerprint density at radius 2 is 1.88 bits per heavy atom. The lowest BCUT2D eigenvalue weighted by Crippen LogP contribution is -2.17. The number of nitrogens with zero attached hydrogens (tertiary/aromatic N) is 4. The summed E-state index contributed by atoms with van der Waals surface area (Å²) in [5, 5.41) is 13.7. The number of hydrogen-bond donors (Lipinski definition) is 0. The van der Waals surface area contributed by atoms with Gasteiger partial charge in [-0.2, -0.15) is 5.10 Å². The Hall–Kier alpha value is -2.18. The van der Waals surface area contributed by atoms with Crippen molar-refractivity contribution in [3.63, 3.8) is 0 Å². The summed E-state index contributed by atoms with van der Waals surface area (Å²) < 4.78 is 6.80. The minimum atomic E-state index is -0.522. The van der Waals surface area contributed by atoms with Gasteiger partial charge in [-0.15, -0.1) is 10.2 Å². The molecule has 0 amide bonds. The molecule has 1 aromatic carbocycles. The van der Waals surface area contributed by atoms with Crippen LogP contribution in [0, 0.1) is 13.8 Å². The SMILES string of the molecule is Cc1nn2c(C)c(C(=O)OC(C)C)nnc2c1-c1ccc(Cl)c(Cl)c1. The fourth-order valence-electron chi connectivity index (χ4n) is 2.56. The lowest BCUT2D eigenvalue weighted by molar-refractivity contribution is 0.0367. The minimum absolute atomic E-state index is 0.143. The molecule has 0 unspecified atom stereocenters. The van der Waals surface area contributed by atoms with E-state index in [1.165, 1.54) is 0 Å². The number of rotatable bonds is 3. The van der Waals surface area contributed by atoms with E-state index in [1.54, 1.807) is 37.4 Å². The van der Waals surface area contributed by atoms with E-state index in [9.17, 15) is 4.79 Å². The molecule has 25 heavy (non-hydrogen) atoms. The quantitative estimate of drug-likeness (QED) is 0.636. The highest BCUT2D eigenvalue weighted by Gasteiger charge is 2.22. The Morgan fingerprint density at radius 1 is 1.16 bits per heavy atom. The highest BCUT2D eigenvalue weighted by molar-refractivity contribution is 6.42. The predicted octanol–water partition coefficient (Wildman–Crippen LogP) is 4.28. The zero-order valence-electron chi connectivity index (χ0n) is 14.2. The van der Waals surface area contributed by atoms with Crippen LogP contribution in [-0.2, 0) is 4.74 Å². The van der Waals surface area contributed by atoms with Gasteiger partial charge in [0.15, 0.2) is 11.3 Å². The lowest BCUT2D eigenvalue weighted by atomic mass is 10.1. The van der Waals surface area contributed by atoms with Crippen molar-refractivity contribution in [3.8, 4) is 11.1 Å². The summed E-state index contributed by atoms with van der Waals surface area (Å²) in [5.74, 6) is -0.522. The van der Waals surface area contributed by atoms with Gasteiger partial charge < -0.3 is 4.74 Å². The summed E-state index contributed by atoms with van der Waals surface area (Å²) in [4.78, 5) is 12.2. The second kappa shape index (κ2) is 6.61. The van der Waals surface area contributed by atoms with Crippen LogP contribution in [0.4, 0.5) is 0 Å². The first kappa shape index (κ1) is 17.6. The van der Waals surface area contributed by atoms with E-state index in [4.69, 9.17) is 27.9 Å². The highest BCUT2D eigenvalue weighted by Crippen LogP contribution is 2.32. The van der Waals surface area contributed by atoms with Crippen molar-refractivity contribution in [1.29, 1.82) is 0 Å². The van der Waals surface area contributed by atoms with Gasteiger partial charge in [0.25, 0.3) is 0 Å². The normalized spacial score (nSPS) is 11.3. The summed E-state index contributed by atoms with van der Waals surface area (Å²) in [6.07, 6.45) is -0.240. The van der Waals surface area contributed by atoms with E-state index in [-0.39, 0.29) is 11.8 Å². The molecule has 0 aliphatic heterocycles. The van der Waals surface area contributed by atoms with E-state index in [0.29, 0.717) is 21.4 Å². The van der Waals surface area contributed by atoms with Crippen LogP contribution < -0.4 is 0 Å². The summed E-state index contributed by atoms with van der Waals surface area (Å²) in [5.41, 5.74) is 3.60. The average Bonchev–Trinajstić information content (AvgIpc) is 2.87. The number of fused-ring (bicyclic) bond motifs is 1. The number of benzene rings is 1. The van der Waals surface area contributed by atoms with Crippen LogP contribution in [0.1, 0.15) is 35.7 Å². The summed E-state index contributed by atoms with van der Waals surface area (Å²) in [6.45, 7) is 7.17. The number of halogens is 2. The summed E-state index contributed by atoms with van der Waals surface area (Å²) in [7, 11) is 0. The molecule has 3 rings (SSSR count). The number of ether oxygens (including phenoxy) is 1. The second-order valence-electron chi connectivity index (χ2n) is 5.91. The van der Waals surface area contributed by atoms with Gasteiger partial charge in [0, 0.05) is 0 Å². The van der Waals surface area contributed by atoms with Gasteiger partial charge in [-0.1, -0.05) is 29.3 Å². The average molecular weight is 379 g/mol. The van der Waals surface area contributed by atoms with Crippen molar-refractivity contribution in [3.05, 3.63) is 45.3 Å². The smallest absolute Gasteiger partial charge is 0.361 e. The molecule has 0 aliphatic rings. The van der Waals surface area contributed by atoms with Crippen LogP contribution in [-0.4, -0.2) is 31.9 Å². The molecule has 3 aromatic rings. The standard InChI is InChI=1S/C17H16Cl2N4O2/c1-8(2)25-17(24)15-10(4)23-16(21-20-15)14(9(3)22-23)11-5-6-12(18)13(19)7-11/h5-8H,1-4H3. The van der Waals surface area contributed by atoms with E-state index in [0.717, 1.165) is 16.8 Å². The molecular formula is C17H16Cl2N4O2. The van der Waals surface area contributed by atoms with E-state index >= 15 is 0 Å². The third-order valence-electron chi connectivity index (χ3n) is 3.69. The van der Waals surface area contributed by atoms with Crippen LogP contribution in [0.3, 0.4) is 0 Å². The zero-order chi connectivity index (χ0) is 18.3. The molecule has 0 bridgehead atoms. The molecule has 8 heteroatoms. The number of carbonyl (C=O) groups excluding carboxylic acids is 1. The first-order chi connectivity index (χ1) is 11.8. The summed E-state index contributed by atoms with van der Waals surface area (Å²) >= 11 is 12.1. The molecule has 0 spiro atoms. The van der Waals surface area contributed by atoms with Gasteiger partial charge in [-0.05, 0) is 45.4 Å². The highest BCUT2D eigenvalue weighted by atomic mass is 35.5. The lowest BCUT2D eigenvalue weighted by Gasteiger charge is -2.09. The fourth-order valence-corrected chi connectivity index (χ4v) is 2.86. The van der Waals surface area contributed by atoms with Crippen molar-refractivity contribution in [2.24, 2.45) is 0 Å². The Balaban J connectivity index is 2.17. The van der Waals surface area contributed by atoms with Crippen LogP contribution in [0.25, 0.3) is 16.8 Å². The van der Waals surface area contributed by atoms with Crippen molar-refractivity contribution in [2.75, 3.05) is 0 Å². The van der Waals surface area contributed by atoms with Gasteiger partial charge in [0.1, 0.15) is 0 Å². The van der Waals surface area contributed by atoms with Crippen LogP contribution in [0.2, 0.25) is 10.0 Å². The monoisotopic (exact) mass is 378 g/mol. The van der Waals surface area contributed by atoms with Crippen molar-refractivity contribution in [1.82, 2.24) is 19.8 Å². The summed E-state index contributed by atoms with van der Waals surface area (Å²) in [6, 6.07) is 5.32. The number of carbonyl (C=O) groups is 1. The molecule has 0 saturated heterocycles. The molecule has 0 N–H and O–H groups in total. The van der Waals surface area contributed by atoms with Gasteiger partial charge in [-0.3, -0.25) is 0 Å². The van der Waals surface area contributed by atoms with Crippen molar-refractivity contribution in [2.45, 2.75) is 33.8 Å². The molecule has 0 aliphatic carbocycles. The molecule has 0 radical (unpaired) electrons. The first-order valence-corrected chi connectivity index (χ1v) is 8.44. The minimum Gasteiger partial charge on any atom is -0.458 e. The fraction of sp³-hybridized carbons (Fsp3) is 0.294. The largest absolute Gasteiger partial charge is 0.458 e. The molecule has 2 heterocycles. The topological polar surface area (TPSA) is 69.4 Å². The Kier molecular flexibility index (Phi) is 4.67. The Labute approximate surface area is 154 Å². The maximum Gasteiger partial charge on any atom is 0.361 e. The maximum absolute atomic E-state index is 12.2. The van der Waals surface area contributed by atoms with Gasteiger partial charge in [-0.25, -0.2) is 9.31 Å². The molecule has 0 atom stereocenters. The third kappa shape index (κ3) is 3.19. The first-order valence-electron chi connectivity index (χ1n) is 7.68. The maximum atomic E-state index is 12.2. The molecular weight excluding hydrogens is 363 g/mol. The number of aryl methyl sites for hydroxylation is 2. The molecule has 6 nitrogen and oxygen atoms in total. The molecule has 130 valence electrons. The van der Waals surface area contributed by atoms with Crippen molar-refractivity contribution < 1.29 is 9.53 Å². The van der Waals surface area contributed by atoms with Crippen LogP contribution in [0.15, 0.2) is 18.2 Å². The Morgan fingerprint density at radius 3 is 2.52 bits per heavy atom. The molecule has 0 saturated carbocycles. The number of esters is 1. The van der Waals surface area contributed by atoms with Gasteiger partial charge in [0.2, 0.25) is 0 Å². The Bertz CT molecular complexity index is 982. The number of hydrogen-bond acceptors (Lipinski definition) is 5. The van der Waals surface area contributed by atoms with E-state index in [2.05, 4.69) is 15.3 Å². The number of aromatic nitrogens is 4. The molecule has 2 aromatic heterocycles. The third-order valence-corrected chi connectivity index (χ3v) is 4.42. The van der Waals surface area contributed by atoms with E-state index in [1.807, 2.05) is 13.0 Å². The van der Waals surface area contributed by atoms with E-state index < -0.39 is 5.97 Å². The predicted molar refractivity (Wildman–Crippen MR) is 96.3 cm³/mol. The molecule has 0 fully saturated rings. The zero-order valence-corrected chi connectivity index (χ0v) is 15.7. The van der Waals surface area contributed by atoms with Crippen molar-refractivity contribution >= 4 is 34.8 Å². The van der Waals surface area contributed by atoms with Crippen LogP contribution >= 0.6 is 23.2 Å².